The first kappa shape index (κ1) is 22.1. The molecule has 1 aliphatic rings. The van der Waals surface area contributed by atoms with Crippen LogP contribution in [0.4, 0.5) is 0 Å². The fourth-order valence-corrected chi connectivity index (χ4v) is 5.87. The van der Waals surface area contributed by atoms with Crippen LogP contribution in [0.25, 0.3) is 22.1 Å². The number of nitrogens with zero attached hydrogens (tertiary/aromatic N) is 1. The molecule has 1 aliphatic heterocycles. The summed E-state index contributed by atoms with van der Waals surface area (Å²) in [7, 11) is -1.49. The predicted molar refractivity (Wildman–Crippen MR) is 123 cm³/mol. The van der Waals surface area contributed by atoms with Crippen molar-refractivity contribution in [1.29, 1.82) is 0 Å². The van der Waals surface area contributed by atoms with Gasteiger partial charge in [0.2, 0.25) is 5.43 Å². The molecule has 1 fully saturated rings. The number of ether oxygens (including phenoxy) is 1. The van der Waals surface area contributed by atoms with Crippen molar-refractivity contribution in [3.05, 3.63) is 64.5 Å². The summed E-state index contributed by atoms with van der Waals surface area (Å²) in [6.07, 6.45) is -0.390. The van der Waals surface area contributed by atoms with Gasteiger partial charge in [-0.1, -0.05) is 30.3 Å². The fraction of sp³-hybridized carbons (Fsp3) is 0.333. The Kier molecular flexibility index (Phi) is 5.81. The van der Waals surface area contributed by atoms with Gasteiger partial charge in [-0.25, -0.2) is 8.42 Å². The maximum absolute atomic E-state index is 13.1. The Hall–Kier alpha value is -3.13. The highest BCUT2D eigenvalue weighted by atomic mass is 32.2. The van der Waals surface area contributed by atoms with E-state index in [0.717, 1.165) is 5.56 Å². The highest BCUT2D eigenvalue weighted by molar-refractivity contribution is 7.91. The van der Waals surface area contributed by atoms with E-state index in [1.54, 1.807) is 39.1 Å². The van der Waals surface area contributed by atoms with Crippen molar-refractivity contribution in [3.63, 3.8) is 0 Å². The van der Waals surface area contributed by atoms with E-state index in [9.17, 15) is 18.0 Å². The Morgan fingerprint density at radius 3 is 2.56 bits per heavy atom. The van der Waals surface area contributed by atoms with E-state index in [0.29, 0.717) is 34.5 Å². The second kappa shape index (κ2) is 8.43. The second-order valence-corrected chi connectivity index (χ2v) is 10.4. The molecule has 0 unspecified atom stereocenters. The quantitative estimate of drug-likeness (QED) is 0.587. The summed E-state index contributed by atoms with van der Waals surface area (Å²) in [5.41, 5.74) is 1.55. The van der Waals surface area contributed by atoms with Crippen LogP contribution >= 0.6 is 0 Å². The zero-order valence-electron chi connectivity index (χ0n) is 18.2. The smallest absolute Gasteiger partial charge is 0.263 e. The highest BCUT2D eigenvalue weighted by Crippen LogP contribution is 2.27. The number of benzene rings is 2. The van der Waals surface area contributed by atoms with Crippen molar-refractivity contribution in [1.82, 2.24) is 4.90 Å². The van der Waals surface area contributed by atoms with Crippen LogP contribution in [0.3, 0.4) is 0 Å². The van der Waals surface area contributed by atoms with Gasteiger partial charge in [-0.15, -0.1) is 0 Å². The van der Waals surface area contributed by atoms with Crippen molar-refractivity contribution >= 4 is 26.7 Å². The molecule has 1 amide bonds. The molecule has 0 radical (unpaired) electrons. The maximum Gasteiger partial charge on any atom is 0.263 e. The number of carbonyl (C=O) groups is 1. The lowest BCUT2D eigenvalue weighted by Gasteiger charge is -2.26. The van der Waals surface area contributed by atoms with E-state index in [1.807, 2.05) is 30.3 Å². The highest BCUT2D eigenvalue weighted by Gasteiger charge is 2.34. The minimum absolute atomic E-state index is 0.0217. The third-order valence-electron chi connectivity index (χ3n) is 5.87. The van der Waals surface area contributed by atoms with Crippen molar-refractivity contribution in [2.45, 2.75) is 32.4 Å². The lowest BCUT2D eigenvalue weighted by atomic mass is 10.0. The van der Waals surface area contributed by atoms with Crippen LogP contribution < -0.4 is 10.2 Å². The SMILES string of the molecule is Cc1oc2cc(O[C@H](C)C(=O)N(C)[C@@H]3CCS(=O)(=O)C3)ccc2c(=O)c1-c1ccccc1. The molecule has 0 N–H and O–H groups in total. The van der Waals surface area contributed by atoms with E-state index in [-0.39, 0.29) is 28.9 Å². The second-order valence-electron chi connectivity index (χ2n) is 8.15. The summed E-state index contributed by atoms with van der Waals surface area (Å²) in [5.74, 6) is 0.659. The number of fused-ring (bicyclic) bond motifs is 1. The molecule has 2 aromatic carbocycles. The molecule has 32 heavy (non-hydrogen) atoms. The van der Waals surface area contributed by atoms with Gasteiger partial charge in [-0.05, 0) is 38.0 Å². The molecule has 0 spiro atoms. The van der Waals surface area contributed by atoms with Crippen LogP contribution in [-0.2, 0) is 14.6 Å². The summed E-state index contributed by atoms with van der Waals surface area (Å²) in [6, 6.07) is 13.9. The Balaban J connectivity index is 1.56. The van der Waals surface area contributed by atoms with E-state index < -0.39 is 15.9 Å². The van der Waals surface area contributed by atoms with Crippen LogP contribution in [-0.4, -0.2) is 49.9 Å². The van der Waals surface area contributed by atoms with Gasteiger partial charge in [-0.2, -0.15) is 0 Å². The normalized spacial score (nSPS) is 18.4. The summed E-state index contributed by atoms with van der Waals surface area (Å²) in [4.78, 5) is 27.3. The summed E-state index contributed by atoms with van der Waals surface area (Å²) in [6.45, 7) is 3.36. The van der Waals surface area contributed by atoms with Gasteiger partial charge in [0.15, 0.2) is 15.9 Å². The van der Waals surface area contributed by atoms with Gasteiger partial charge < -0.3 is 14.1 Å². The molecule has 2 heterocycles. The molecule has 1 saturated heterocycles. The van der Waals surface area contributed by atoms with Crippen LogP contribution in [0.5, 0.6) is 5.75 Å². The summed E-state index contributed by atoms with van der Waals surface area (Å²) >= 11 is 0. The number of rotatable bonds is 5. The molecule has 0 aliphatic carbocycles. The van der Waals surface area contributed by atoms with Gasteiger partial charge in [0.25, 0.3) is 5.91 Å². The average Bonchev–Trinajstić information content (AvgIpc) is 3.13. The third-order valence-corrected chi connectivity index (χ3v) is 7.62. The molecule has 4 rings (SSSR count). The fourth-order valence-electron chi connectivity index (χ4n) is 4.10. The lowest BCUT2D eigenvalue weighted by molar-refractivity contribution is -0.138. The molecule has 0 saturated carbocycles. The van der Waals surface area contributed by atoms with Crippen molar-refractivity contribution in [3.8, 4) is 16.9 Å². The Labute approximate surface area is 186 Å². The van der Waals surface area contributed by atoms with Crippen LogP contribution in [0.1, 0.15) is 19.1 Å². The molecule has 3 aromatic rings. The zero-order chi connectivity index (χ0) is 23.0. The van der Waals surface area contributed by atoms with Crippen molar-refractivity contribution in [2.75, 3.05) is 18.6 Å². The number of hydrogen-bond acceptors (Lipinski definition) is 6. The molecule has 8 heteroatoms. The minimum atomic E-state index is -3.09. The predicted octanol–water partition coefficient (Wildman–Crippen LogP) is 3.18. The van der Waals surface area contributed by atoms with Gasteiger partial charge in [0, 0.05) is 19.2 Å². The molecule has 168 valence electrons. The first-order valence-electron chi connectivity index (χ1n) is 10.4. The topological polar surface area (TPSA) is 93.9 Å². The number of hydrogen-bond donors (Lipinski definition) is 0. The number of aryl methyl sites for hydroxylation is 1. The summed E-state index contributed by atoms with van der Waals surface area (Å²) < 4.78 is 35.2. The van der Waals surface area contributed by atoms with Gasteiger partial charge in [-0.3, -0.25) is 9.59 Å². The van der Waals surface area contributed by atoms with E-state index in [1.165, 1.54) is 4.90 Å². The van der Waals surface area contributed by atoms with Crippen molar-refractivity contribution < 1.29 is 22.4 Å². The molecular weight excluding hydrogens is 430 g/mol. The summed E-state index contributed by atoms with van der Waals surface area (Å²) in [5, 5.41) is 0.425. The molecule has 0 bridgehead atoms. The number of amides is 1. The number of likely N-dealkylation sites (N-methyl/N-ethyl adjacent to an activating group) is 1. The van der Waals surface area contributed by atoms with Crippen LogP contribution in [0.2, 0.25) is 0 Å². The Morgan fingerprint density at radius 2 is 1.91 bits per heavy atom. The molecule has 7 nitrogen and oxygen atoms in total. The number of carbonyl (C=O) groups excluding carboxylic acids is 1. The zero-order valence-corrected chi connectivity index (χ0v) is 19.0. The molecule has 1 aromatic heterocycles. The van der Waals surface area contributed by atoms with Gasteiger partial charge >= 0.3 is 0 Å². The van der Waals surface area contributed by atoms with Gasteiger partial charge in [0.1, 0.15) is 17.1 Å². The first-order valence-corrected chi connectivity index (χ1v) is 12.2. The van der Waals surface area contributed by atoms with E-state index in [2.05, 4.69) is 0 Å². The lowest BCUT2D eigenvalue weighted by Crippen LogP contribution is -2.44. The third kappa shape index (κ3) is 4.27. The molecular formula is C24H25NO6S. The van der Waals surface area contributed by atoms with Gasteiger partial charge in [0.05, 0.1) is 22.5 Å². The van der Waals surface area contributed by atoms with E-state index >= 15 is 0 Å². The minimum Gasteiger partial charge on any atom is -0.481 e. The van der Waals surface area contributed by atoms with Crippen molar-refractivity contribution in [2.24, 2.45) is 0 Å². The van der Waals surface area contributed by atoms with E-state index in [4.69, 9.17) is 9.15 Å². The molecule has 2 atom stereocenters. The largest absolute Gasteiger partial charge is 0.481 e. The van der Waals surface area contributed by atoms with Crippen LogP contribution in [0.15, 0.2) is 57.7 Å². The van der Waals surface area contributed by atoms with Crippen LogP contribution in [0, 0.1) is 6.92 Å². The average molecular weight is 456 g/mol. The maximum atomic E-state index is 13.1. The first-order chi connectivity index (χ1) is 15.2. The standard InChI is InChI=1S/C24H25NO6S/c1-15-22(17-7-5-4-6-8-17)23(26)20-10-9-19(13-21(20)31-15)30-16(2)24(27)25(3)18-11-12-32(28,29)14-18/h4-10,13,16,18H,11-12,14H2,1-3H3/t16-,18-/m1/s1. The monoisotopic (exact) mass is 455 g/mol. The number of sulfone groups is 1. The Morgan fingerprint density at radius 1 is 1.19 bits per heavy atom. The Bertz CT molecular complexity index is 1330.